The van der Waals surface area contributed by atoms with Crippen molar-refractivity contribution in [3.05, 3.63) is 64.9 Å². The molecule has 0 unspecified atom stereocenters. The molecule has 0 saturated heterocycles. The minimum atomic E-state index is -0.620. The van der Waals surface area contributed by atoms with E-state index < -0.39 is 6.09 Å². The zero-order valence-electron chi connectivity index (χ0n) is 16.8. The number of aromatic nitrogens is 2. The molecule has 156 valence electrons. The van der Waals surface area contributed by atoms with E-state index >= 15 is 0 Å². The third-order valence-corrected chi connectivity index (χ3v) is 4.57. The van der Waals surface area contributed by atoms with Crippen molar-refractivity contribution >= 4 is 29.2 Å². The van der Waals surface area contributed by atoms with E-state index in [9.17, 15) is 4.79 Å². The normalized spacial score (nSPS) is 14.5. The van der Waals surface area contributed by atoms with E-state index in [0.717, 1.165) is 16.7 Å². The molecule has 30 heavy (non-hydrogen) atoms. The van der Waals surface area contributed by atoms with Crippen LogP contribution in [0.1, 0.15) is 0 Å². The van der Waals surface area contributed by atoms with E-state index in [2.05, 4.69) is 15.7 Å². The molecular formula is C21H22ClN5O3. The lowest BCUT2D eigenvalue weighted by molar-refractivity contribution is 0.172. The fourth-order valence-electron chi connectivity index (χ4n) is 2.86. The van der Waals surface area contributed by atoms with E-state index in [1.54, 1.807) is 63.8 Å². The molecule has 8 nitrogen and oxygen atoms in total. The van der Waals surface area contributed by atoms with E-state index in [-0.39, 0.29) is 6.61 Å². The molecule has 3 rings (SSSR count). The number of hydrogen-bond donors (Lipinski definition) is 3. The number of methoxy groups -OCH3 is 1. The number of ether oxygens (including phenoxy) is 2. The van der Waals surface area contributed by atoms with Gasteiger partial charge < -0.3 is 20.2 Å². The summed E-state index contributed by atoms with van der Waals surface area (Å²) in [6.07, 6.45) is 6.37. The Morgan fingerprint density at radius 2 is 2.13 bits per heavy atom. The Morgan fingerprint density at radius 1 is 1.33 bits per heavy atom. The van der Waals surface area contributed by atoms with Gasteiger partial charge in [-0.1, -0.05) is 23.8 Å². The van der Waals surface area contributed by atoms with Gasteiger partial charge in [-0.2, -0.15) is 5.10 Å². The number of benzene rings is 1. The number of halogens is 1. The van der Waals surface area contributed by atoms with Gasteiger partial charge in [0.25, 0.3) is 0 Å². The van der Waals surface area contributed by atoms with Gasteiger partial charge >= 0.3 is 6.09 Å². The number of amides is 1. The first-order chi connectivity index (χ1) is 14.4. The molecule has 0 spiro atoms. The standard InChI is InChI=1S/C21H22ClN5O3/c1-24-11-14-5-4-13(8-17(14)23)12-30-21(28)25-20-10-18(26-27(20)2)16-7-6-15(22)9-19(16)29-3/h4-11,23-24H,12H2,1-3H3,(H,25,28)/b14-11-,23-17?. The van der Waals surface area contributed by atoms with Gasteiger partial charge in [0.05, 0.1) is 18.5 Å². The summed E-state index contributed by atoms with van der Waals surface area (Å²) >= 11 is 6.01. The van der Waals surface area contributed by atoms with Crippen molar-refractivity contribution in [3.63, 3.8) is 0 Å². The molecule has 1 aromatic carbocycles. The van der Waals surface area contributed by atoms with E-state index in [1.165, 1.54) is 4.68 Å². The monoisotopic (exact) mass is 427 g/mol. The van der Waals surface area contributed by atoms with Crippen LogP contribution in [0.4, 0.5) is 10.6 Å². The first kappa shape index (κ1) is 21.2. The highest BCUT2D eigenvalue weighted by atomic mass is 35.5. The predicted molar refractivity (Wildman–Crippen MR) is 117 cm³/mol. The lowest BCUT2D eigenvalue weighted by atomic mass is 10.0. The second kappa shape index (κ2) is 9.32. The number of nitrogens with zero attached hydrogens (tertiary/aromatic N) is 2. The van der Waals surface area contributed by atoms with Gasteiger partial charge in [0.15, 0.2) is 0 Å². The Labute approximate surface area is 179 Å². The van der Waals surface area contributed by atoms with Gasteiger partial charge in [0.1, 0.15) is 18.2 Å². The fourth-order valence-corrected chi connectivity index (χ4v) is 3.02. The molecule has 1 amide bonds. The van der Waals surface area contributed by atoms with Crippen LogP contribution < -0.4 is 15.4 Å². The third-order valence-electron chi connectivity index (χ3n) is 4.34. The molecule has 0 bridgehead atoms. The topological polar surface area (TPSA) is 101 Å². The first-order valence-electron chi connectivity index (χ1n) is 9.08. The van der Waals surface area contributed by atoms with Crippen LogP contribution in [0, 0.1) is 5.41 Å². The second-order valence-corrected chi connectivity index (χ2v) is 6.88. The van der Waals surface area contributed by atoms with E-state index in [4.69, 9.17) is 26.5 Å². The number of carbonyl (C=O) groups excluding carboxylic acids is 1. The van der Waals surface area contributed by atoms with Crippen molar-refractivity contribution < 1.29 is 14.3 Å². The average Bonchev–Trinajstić information content (AvgIpc) is 3.08. The number of allylic oxidation sites excluding steroid dienone is 3. The van der Waals surface area contributed by atoms with Gasteiger partial charge in [-0.15, -0.1) is 0 Å². The lowest BCUT2D eigenvalue weighted by Crippen LogP contribution is -2.18. The first-order valence-corrected chi connectivity index (χ1v) is 9.45. The van der Waals surface area contributed by atoms with Crippen LogP contribution in [0.5, 0.6) is 5.75 Å². The SMILES string of the molecule is CN/C=C1/C=CC(COC(=O)Nc2cc(-c3ccc(Cl)cc3OC)nn2C)=CC1=N. The Bertz CT molecular complexity index is 1070. The van der Waals surface area contributed by atoms with Crippen LogP contribution in [0.15, 0.2) is 59.8 Å². The van der Waals surface area contributed by atoms with Crippen LogP contribution in [0.25, 0.3) is 11.3 Å². The van der Waals surface area contributed by atoms with Gasteiger partial charge in [0, 0.05) is 42.5 Å². The summed E-state index contributed by atoms with van der Waals surface area (Å²) in [6, 6.07) is 6.97. The van der Waals surface area contributed by atoms with Crippen molar-refractivity contribution in [3.8, 4) is 17.0 Å². The molecule has 0 aliphatic heterocycles. The highest BCUT2D eigenvalue weighted by molar-refractivity contribution is 6.30. The fraction of sp³-hybridized carbons (Fsp3) is 0.190. The molecule has 1 heterocycles. The van der Waals surface area contributed by atoms with Gasteiger partial charge in [-0.25, -0.2) is 4.79 Å². The highest BCUT2D eigenvalue weighted by Crippen LogP contribution is 2.32. The molecule has 0 saturated carbocycles. The molecule has 1 aromatic heterocycles. The van der Waals surface area contributed by atoms with Crippen molar-refractivity contribution in [2.75, 3.05) is 26.1 Å². The largest absolute Gasteiger partial charge is 0.496 e. The summed E-state index contributed by atoms with van der Waals surface area (Å²) in [5, 5.41) is 18.5. The predicted octanol–water partition coefficient (Wildman–Crippen LogP) is 3.92. The minimum absolute atomic E-state index is 0.0489. The van der Waals surface area contributed by atoms with E-state index in [0.29, 0.717) is 28.0 Å². The molecule has 0 atom stereocenters. The van der Waals surface area contributed by atoms with Crippen LogP contribution in [-0.4, -0.2) is 42.3 Å². The van der Waals surface area contributed by atoms with Gasteiger partial charge in [-0.05, 0) is 29.8 Å². The molecule has 9 heteroatoms. The van der Waals surface area contributed by atoms with Crippen LogP contribution in [0.3, 0.4) is 0 Å². The lowest BCUT2D eigenvalue weighted by Gasteiger charge is -2.11. The molecular weight excluding hydrogens is 406 g/mol. The maximum absolute atomic E-state index is 12.2. The van der Waals surface area contributed by atoms with Gasteiger partial charge in [0.2, 0.25) is 0 Å². The maximum Gasteiger partial charge on any atom is 0.413 e. The second-order valence-electron chi connectivity index (χ2n) is 6.44. The van der Waals surface area contributed by atoms with Crippen molar-refractivity contribution in [2.45, 2.75) is 0 Å². The van der Waals surface area contributed by atoms with Crippen molar-refractivity contribution in [1.29, 1.82) is 5.41 Å². The molecule has 1 aliphatic carbocycles. The quantitative estimate of drug-likeness (QED) is 0.648. The summed E-state index contributed by atoms with van der Waals surface area (Å²) in [5.41, 5.74) is 3.20. The molecule has 0 fully saturated rings. The number of nitrogens with one attached hydrogen (secondary N) is 3. The molecule has 2 aromatic rings. The Kier molecular flexibility index (Phi) is 6.58. The smallest absolute Gasteiger partial charge is 0.413 e. The van der Waals surface area contributed by atoms with Crippen LogP contribution in [0.2, 0.25) is 5.02 Å². The number of carbonyl (C=O) groups is 1. The molecule has 3 N–H and O–H groups in total. The highest BCUT2D eigenvalue weighted by Gasteiger charge is 2.15. The van der Waals surface area contributed by atoms with Crippen LogP contribution in [-0.2, 0) is 11.8 Å². The zero-order valence-corrected chi connectivity index (χ0v) is 17.6. The van der Waals surface area contributed by atoms with E-state index in [1.807, 2.05) is 6.08 Å². The number of rotatable bonds is 6. The summed E-state index contributed by atoms with van der Waals surface area (Å²) in [6.45, 7) is 0.0489. The van der Waals surface area contributed by atoms with Crippen molar-refractivity contribution in [1.82, 2.24) is 15.1 Å². The maximum atomic E-state index is 12.2. The Hall–Kier alpha value is -3.52. The number of anilines is 1. The summed E-state index contributed by atoms with van der Waals surface area (Å²) in [5.74, 6) is 1.05. The summed E-state index contributed by atoms with van der Waals surface area (Å²) < 4.78 is 12.2. The third kappa shape index (κ3) is 4.90. The number of hydrogen-bond acceptors (Lipinski definition) is 6. The minimum Gasteiger partial charge on any atom is -0.496 e. The number of aryl methyl sites for hydroxylation is 1. The average molecular weight is 428 g/mol. The van der Waals surface area contributed by atoms with Crippen molar-refractivity contribution in [2.24, 2.45) is 7.05 Å². The Balaban J connectivity index is 1.65. The summed E-state index contributed by atoms with van der Waals surface area (Å²) in [4.78, 5) is 12.2. The van der Waals surface area contributed by atoms with Crippen LogP contribution >= 0.6 is 11.6 Å². The van der Waals surface area contributed by atoms with Gasteiger partial charge in [-0.3, -0.25) is 10.00 Å². The molecule has 1 aliphatic rings. The zero-order chi connectivity index (χ0) is 21.7. The summed E-state index contributed by atoms with van der Waals surface area (Å²) in [7, 11) is 5.04. The molecule has 0 radical (unpaired) electrons. The Morgan fingerprint density at radius 3 is 2.83 bits per heavy atom.